The Balaban J connectivity index is 0.00000450. The molecule has 54 heavy (non-hydrogen) atoms. The Morgan fingerprint density at radius 2 is 1.31 bits per heavy atom. The van der Waals surface area contributed by atoms with Crippen molar-refractivity contribution >= 4 is 28.1 Å². The van der Waals surface area contributed by atoms with Gasteiger partial charge in [0.25, 0.3) is 0 Å². The van der Waals surface area contributed by atoms with Gasteiger partial charge in [-0.3, -0.25) is 4.98 Å². The standard InChI is InChI=1S/C49H46N3O.Pt/c1-47(2,3)34-21-18-32(19-22-34)37-30-38(31-14-10-9-11-15-31)46(53)45-36(37)23-25-41(51-45)33-20-24-40-43(28-33)52(42-17-13-12-16-39(42)49(40,7)8)44-29-35(26-27-50-44)48(4,5)6;/h9-27,29-30,53H,1-8H3;/q-1;. The average molecular weight is 888 g/mol. The van der Waals surface area contributed by atoms with Gasteiger partial charge in [-0.25, -0.2) is 4.98 Å². The number of pyridine rings is 2. The molecule has 0 saturated carbocycles. The van der Waals surface area contributed by atoms with Crippen LogP contribution in [0.4, 0.5) is 17.2 Å². The van der Waals surface area contributed by atoms with Crippen LogP contribution in [-0.4, -0.2) is 15.1 Å². The fourth-order valence-corrected chi connectivity index (χ4v) is 7.67. The van der Waals surface area contributed by atoms with Crippen molar-refractivity contribution in [1.29, 1.82) is 0 Å². The van der Waals surface area contributed by atoms with Crippen LogP contribution in [0.25, 0.3) is 44.4 Å². The van der Waals surface area contributed by atoms with Crippen molar-refractivity contribution in [3.8, 4) is 39.3 Å². The number of benzene rings is 5. The predicted molar refractivity (Wildman–Crippen MR) is 221 cm³/mol. The monoisotopic (exact) mass is 887 g/mol. The zero-order chi connectivity index (χ0) is 37.3. The topological polar surface area (TPSA) is 49.3 Å². The maximum Gasteiger partial charge on any atom is 0.148 e. The van der Waals surface area contributed by atoms with Crippen molar-refractivity contribution < 1.29 is 26.2 Å². The molecule has 0 fully saturated rings. The van der Waals surface area contributed by atoms with Gasteiger partial charge in [0, 0.05) is 43.9 Å². The maximum absolute atomic E-state index is 12.0. The van der Waals surface area contributed by atoms with E-state index in [1.807, 2.05) is 36.5 Å². The molecule has 0 spiro atoms. The van der Waals surface area contributed by atoms with Crippen LogP contribution in [0.2, 0.25) is 0 Å². The zero-order valence-corrected chi connectivity index (χ0v) is 34.5. The Bertz CT molecular complexity index is 2510. The van der Waals surface area contributed by atoms with Crippen molar-refractivity contribution in [2.75, 3.05) is 4.90 Å². The maximum atomic E-state index is 12.0. The van der Waals surface area contributed by atoms with E-state index < -0.39 is 0 Å². The van der Waals surface area contributed by atoms with Gasteiger partial charge in [0.1, 0.15) is 17.1 Å². The van der Waals surface area contributed by atoms with E-state index in [1.54, 1.807) is 0 Å². The molecule has 8 rings (SSSR count). The number of hydrogen-bond donors (Lipinski definition) is 1. The molecule has 274 valence electrons. The van der Waals surface area contributed by atoms with Gasteiger partial charge < -0.3 is 10.0 Å². The first-order chi connectivity index (χ1) is 25.2. The Hall–Kier alpha value is -5.05. The quantitative estimate of drug-likeness (QED) is 0.179. The summed E-state index contributed by atoms with van der Waals surface area (Å²) < 4.78 is 0. The first-order valence-corrected chi connectivity index (χ1v) is 18.5. The van der Waals surface area contributed by atoms with Crippen molar-refractivity contribution in [1.82, 2.24) is 9.97 Å². The van der Waals surface area contributed by atoms with E-state index in [0.717, 1.165) is 56.1 Å². The Labute approximate surface area is 334 Å². The van der Waals surface area contributed by atoms with Crippen LogP contribution >= 0.6 is 0 Å². The third kappa shape index (κ3) is 6.45. The van der Waals surface area contributed by atoms with E-state index in [-0.39, 0.29) is 43.1 Å². The summed E-state index contributed by atoms with van der Waals surface area (Å²) in [6.45, 7) is 17.9. The van der Waals surface area contributed by atoms with Crippen LogP contribution in [0, 0.1) is 6.07 Å². The molecule has 2 aromatic heterocycles. The molecule has 4 nitrogen and oxygen atoms in total. The number of hydrogen-bond acceptors (Lipinski definition) is 4. The number of para-hydroxylation sites is 1. The molecular weight excluding hydrogens is 842 g/mol. The Morgan fingerprint density at radius 3 is 2.02 bits per heavy atom. The number of phenolic OH excluding ortho intramolecular Hbond substituents is 1. The molecule has 1 aliphatic heterocycles. The van der Waals surface area contributed by atoms with E-state index in [4.69, 9.17) is 9.97 Å². The van der Waals surface area contributed by atoms with Crippen LogP contribution in [0.1, 0.15) is 77.6 Å². The van der Waals surface area contributed by atoms with Gasteiger partial charge in [-0.05, 0) is 85.3 Å². The van der Waals surface area contributed by atoms with Crippen molar-refractivity contribution in [3.05, 3.63) is 156 Å². The van der Waals surface area contributed by atoms with Gasteiger partial charge in [0.2, 0.25) is 0 Å². The Kier molecular flexibility index (Phi) is 9.43. The fourth-order valence-electron chi connectivity index (χ4n) is 7.67. The fraction of sp³-hybridized carbons (Fsp3) is 0.224. The second-order valence-electron chi connectivity index (χ2n) is 16.9. The number of rotatable bonds is 4. The van der Waals surface area contributed by atoms with Gasteiger partial charge in [0.15, 0.2) is 0 Å². The summed E-state index contributed by atoms with van der Waals surface area (Å²) in [7, 11) is 0. The number of fused-ring (bicyclic) bond motifs is 3. The molecule has 0 atom stereocenters. The first kappa shape index (κ1) is 37.3. The summed E-state index contributed by atoms with van der Waals surface area (Å²) in [5.41, 5.74) is 12.6. The number of aromatic nitrogens is 2. The number of anilines is 3. The van der Waals surface area contributed by atoms with Crippen molar-refractivity contribution in [2.24, 2.45) is 0 Å². The smallest absolute Gasteiger partial charge is 0.148 e. The minimum Gasteiger partial charge on any atom is -0.505 e. The van der Waals surface area contributed by atoms with E-state index in [9.17, 15) is 5.11 Å². The molecule has 0 bridgehead atoms. The molecule has 0 amide bonds. The first-order valence-electron chi connectivity index (χ1n) is 18.5. The van der Waals surface area contributed by atoms with E-state index in [1.165, 1.54) is 22.3 Å². The van der Waals surface area contributed by atoms with Gasteiger partial charge in [-0.2, -0.15) is 0 Å². The Morgan fingerprint density at radius 1 is 0.648 bits per heavy atom. The second kappa shape index (κ2) is 13.7. The normalized spacial score (nSPS) is 13.6. The molecule has 3 heterocycles. The van der Waals surface area contributed by atoms with Crippen molar-refractivity contribution in [2.45, 2.75) is 71.6 Å². The predicted octanol–water partition coefficient (Wildman–Crippen LogP) is 12.8. The van der Waals surface area contributed by atoms with E-state index >= 15 is 0 Å². The molecule has 1 aliphatic rings. The van der Waals surface area contributed by atoms with Crippen LogP contribution in [-0.2, 0) is 37.3 Å². The molecule has 7 aromatic rings. The third-order valence-electron chi connectivity index (χ3n) is 10.9. The van der Waals surface area contributed by atoms with Gasteiger partial charge in [-0.15, -0.1) is 23.8 Å². The number of aromatic hydroxyl groups is 1. The third-order valence-corrected chi connectivity index (χ3v) is 10.9. The molecule has 5 aromatic carbocycles. The van der Waals surface area contributed by atoms with Crippen LogP contribution < -0.4 is 4.90 Å². The van der Waals surface area contributed by atoms with Crippen LogP contribution in [0.3, 0.4) is 0 Å². The summed E-state index contributed by atoms with van der Waals surface area (Å²) in [6, 6.07) is 46.2. The van der Waals surface area contributed by atoms with Gasteiger partial charge in [-0.1, -0.05) is 146 Å². The molecule has 1 N–H and O–H groups in total. The van der Waals surface area contributed by atoms with E-state index in [2.05, 4.69) is 157 Å². The van der Waals surface area contributed by atoms with Crippen molar-refractivity contribution in [3.63, 3.8) is 0 Å². The SMILES string of the molecule is CC(C)(C)c1ccc(-c2cc(-c3ccccc3)c(O)c3nc(-c4[c-]c5c(cc4)C(C)(C)c4ccccc4N5c4cc(C(C)(C)C)ccn4)ccc23)cc1.[Pt]. The molecule has 5 heteroatoms. The largest absolute Gasteiger partial charge is 0.505 e. The summed E-state index contributed by atoms with van der Waals surface area (Å²) in [6.07, 6.45) is 1.91. The molecule has 0 saturated heterocycles. The summed E-state index contributed by atoms with van der Waals surface area (Å²) in [5, 5.41) is 12.9. The molecule has 0 aliphatic carbocycles. The average Bonchev–Trinajstić information content (AvgIpc) is 3.15. The molecule has 0 radical (unpaired) electrons. The zero-order valence-electron chi connectivity index (χ0n) is 32.2. The van der Waals surface area contributed by atoms with Crippen LogP contribution in [0.5, 0.6) is 5.75 Å². The van der Waals surface area contributed by atoms with Crippen LogP contribution in [0.15, 0.2) is 128 Å². The summed E-state index contributed by atoms with van der Waals surface area (Å²) in [5.74, 6) is 1.02. The second-order valence-corrected chi connectivity index (χ2v) is 16.9. The minimum atomic E-state index is -0.268. The van der Waals surface area contributed by atoms with Gasteiger partial charge in [0.05, 0.1) is 0 Å². The van der Waals surface area contributed by atoms with Gasteiger partial charge >= 0.3 is 0 Å². The van der Waals surface area contributed by atoms with E-state index in [0.29, 0.717) is 5.52 Å². The number of phenols is 1. The molecular formula is C49H46N3OPt-. The number of nitrogens with zero attached hydrogens (tertiary/aromatic N) is 3. The summed E-state index contributed by atoms with van der Waals surface area (Å²) in [4.78, 5) is 12.4. The molecule has 0 unspecified atom stereocenters. The summed E-state index contributed by atoms with van der Waals surface area (Å²) >= 11 is 0. The minimum absolute atomic E-state index is 0.